The number of rotatable bonds is 2. The molecule has 9 heteroatoms. The van der Waals surface area contributed by atoms with E-state index in [1.54, 1.807) is 0 Å². The summed E-state index contributed by atoms with van der Waals surface area (Å²) in [6.45, 7) is 3.67. The first-order valence-corrected chi connectivity index (χ1v) is 8.34. The Hall–Kier alpha value is -0.420. The second-order valence-corrected chi connectivity index (χ2v) is 6.74. The topological polar surface area (TPSA) is 88.6 Å². The molecule has 7 nitrogen and oxygen atoms in total. The van der Waals surface area contributed by atoms with Crippen LogP contribution in [0, 0.1) is 0 Å². The van der Waals surface area contributed by atoms with E-state index >= 15 is 0 Å². The highest BCUT2D eigenvalue weighted by Gasteiger charge is 2.55. The summed E-state index contributed by atoms with van der Waals surface area (Å²) in [6, 6.07) is 0. The maximum absolute atomic E-state index is 12.1. The van der Waals surface area contributed by atoms with Crippen molar-refractivity contribution in [1.29, 1.82) is 0 Å². The fourth-order valence-electron chi connectivity index (χ4n) is 2.65. The zero-order valence-electron chi connectivity index (χ0n) is 11.5. The van der Waals surface area contributed by atoms with E-state index in [2.05, 4.69) is 27.6 Å². The van der Waals surface area contributed by atoms with E-state index in [1.165, 1.54) is 10.8 Å². The van der Waals surface area contributed by atoms with Gasteiger partial charge in [0.15, 0.2) is 12.0 Å². The average molecular weight is 428 g/mol. The first-order chi connectivity index (χ1) is 9.82. The Morgan fingerprint density at radius 1 is 1.48 bits per heavy atom. The van der Waals surface area contributed by atoms with Crippen molar-refractivity contribution in [3.8, 4) is 0 Å². The average Bonchev–Trinajstić information content (AvgIpc) is 2.87. The van der Waals surface area contributed by atoms with Crippen LogP contribution in [0.3, 0.4) is 0 Å². The molecule has 1 aromatic rings. The molecule has 0 aliphatic carbocycles. The van der Waals surface area contributed by atoms with Crippen molar-refractivity contribution in [3.05, 3.63) is 21.7 Å². The number of alkyl halides is 1. The molecule has 2 N–H and O–H groups in total. The Labute approximate surface area is 139 Å². The molecule has 1 aromatic heterocycles. The summed E-state index contributed by atoms with van der Waals surface area (Å²) in [7, 11) is 0. The minimum absolute atomic E-state index is 0.00169. The van der Waals surface area contributed by atoms with Crippen LogP contribution < -0.4 is 11.4 Å². The molecule has 0 radical (unpaired) electrons. The Kier molecular flexibility index (Phi) is 3.93. The van der Waals surface area contributed by atoms with Crippen LogP contribution in [0.15, 0.2) is 11.0 Å². The third-order valence-corrected chi connectivity index (χ3v) is 4.64. The molecule has 21 heavy (non-hydrogen) atoms. The highest BCUT2D eigenvalue weighted by molar-refractivity contribution is 14.1. The standard InChI is InChI=1S/C12H15ClIN3O4/c1-12(2)20-7-6(3-14)19-10(8(7)21-12)17-4-5(13)9(15)16-11(17)18/h4,6-8,10H,3H2,1-2H3,(H2,15,16,18)/t6-,7+,8?,10-/m1/s1. The maximum Gasteiger partial charge on any atom is 0.351 e. The minimum atomic E-state index is -0.712. The Morgan fingerprint density at radius 3 is 2.81 bits per heavy atom. The molecule has 2 saturated heterocycles. The molecule has 3 rings (SSSR count). The van der Waals surface area contributed by atoms with E-state index in [0.29, 0.717) is 0 Å². The second kappa shape index (κ2) is 5.34. The predicted octanol–water partition coefficient (Wildman–Crippen LogP) is 1.33. The van der Waals surface area contributed by atoms with Gasteiger partial charge in [0.1, 0.15) is 18.0 Å². The zero-order chi connectivity index (χ0) is 15.4. The molecule has 0 aromatic carbocycles. The number of aromatic nitrogens is 2. The number of nitrogen functional groups attached to an aromatic ring is 1. The lowest BCUT2D eigenvalue weighted by atomic mass is 10.1. The van der Waals surface area contributed by atoms with Crippen molar-refractivity contribution in [3.63, 3.8) is 0 Å². The number of nitrogens with two attached hydrogens (primary N) is 1. The van der Waals surface area contributed by atoms with E-state index in [9.17, 15) is 4.79 Å². The van der Waals surface area contributed by atoms with Gasteiger partial charge in [-0.15, -0.1) is 0 Å². The molecular weight excluding hydrogens is 413 g/mol. The molecule has 0 bridgehead atoms. The summed E-state index contributed by atoms with van der Waals surface area (Å²) < 4.78 is 19.7. The summed E-state index contributed by atoms with van der Waals surface area (Å²) in [5.41, 5.74) is 5.01. The quantitative estimate of drug-likeness (QED) is 0.566. The number of hydrogen-bond donors (Lipinski definition) is 1. The van der Waals surface area contributed by atoms with Crippen LogP contribution in [0.2, 0.25) is 5.02 Å². The van der Waals surface area contributed by atoms with Crippen LogP contribution in [0.5, 0.6) is 0 Å². The van der Waals surface area contributed by atoms with E-state index in [0.717, 1.165) is 4.43 Å². The number of hydrogen-bond acceptors (Lipinski definition) is 6. The second-order valence-electron chi connectivity index (χ2n) is 5.45. The van der Waals surface area contributed by atoms with E-state index in [1.807, 2.05) is 13.8 Å². The minimum Gasteiger partial charge on any atom is -0.382 e. The van der Waals surface area contributed by atoms with Gasteiger partial charge in [0.2, 0.25) is 0 Å². The third kappa shape index (κ3) is 2.67. The first-order valence-electron chi connectivity index (χ1n) is 6.43. The number of halogens is 2. The largest absolute Gasteiger partial charge is 0.382 e. The molecule has 0 spiro atoms. The van der Waals surface area contributed by atoms with Crippen LogP contribution in [-0.4, -0.2) is 38.1 Å². The Morgan fingerprint density at radius 2 is 2.14 bits per heavy atom. The van der Waals surface area contributed by atoms with Gasteiger partial charge >= 0.3 is 5.69 Å². The van der Waals surface area contributed by atoms with Gasteiger partial charge in [-0.05, 0) is 13.8 Å². The fourth-order valence-corrected chi connectivity index (χ4v) is 3.50. The van der Waals surface area contributed by atoms with Crippen LogP contribution >= 0.6 is 34.2 Å². The number of nitrogens with zero attached hydrogens (tertiary/aromatic N) is 2. The Bertz CT molecular complexity index is 623. The van der Waals surface area contributed by atoms with Gasteiger partial charge in [-0.2, -0.15) is 4.98 Å². The molecule has 2 aliphatic rings. The van der Waals surface area contributed by atoms with Gasteiger partial charge in [0.05, 0.1) is 11.1 Å². The smallest absolute Gasteiger partial charge is 0.351 e. The van der Waals surface area contributed by atoms with Gasteiger partial charge in [0.25, 0.3) is 0 Å². The number of ether oxygens (including phenoxy) is 3. The van der Waals surface area contributed by atoms with Crippen molar-refractivity contribution < 1.29 is 14.2 Å². The predicted molar refractivity (Wildman–Crippen MR) is 84.5 cm³/mol. The fraction of sp³-hybridized carbons (Fsp3) is 0.667. The molecule has 2 fully saturated rings. The van der Waals surface area contributed by atoms with Crippen molar-refractivity contribution in [2.45, 2.75) is 44.2 Å². The molecule has 0 saturated carbocycles. The van der Waals surface area contributed by atoms with Gasteiger partial charge in [-0.1, -0.05) is 34.2 Å². The lowest BCUT2D eigenvalue weighted by molar-refractivity contribution is -0.194. The summed E-state index contributed by atoms with van der Waals surface area (Å²) in [4.78, 5) is 15.8. The van der Waals surface area contributed by atoms with Crippen LogP contribution in [0.25, 0.3) is 0 Å². The highest BCUT2D eigenvalue weighted by Crippen LogP contribution is 2.43. The lowest BCUT2D eigenvalue weighted by Crippen LogP contribution is -2.35. The molecule has 1 unspecified atom stereocenters. The monoisotopic (exact) mass is 427 g/mol. The zero-order valence-corrected chi connectivity index (χ0v) is 14.4. The molecule has 2 aliphatic heterocycles. The molecular formula is C12H15ClIN3O4. The summed E-state index contributed by atoms with van der Waals surface area (Å²) in [6.07, 6.45) is 0.0161. The first kappa shape index (κ1) is 15.5. The summed E-state index contributed by atoms with van der Waals surface area (Å²) in [5.74, 6) is -0.711. The third-order valence-electron chi connectivity index (χ3n) is 3.49. The van der Waals surface area contributed by atoms with Crippen molar-refractivity contribution in [2.24, 2.45) is 0 Å². The molecule has 0 amide bonds. The summed E-state index contributed by atoms with van der Waals surface area (Å²) in [5, 5.41) is 0.200. The SMILES string of the molecule is CC1(C)OC2[C@@H](O1)[C@@H](CI)O[C@H]2n1cc(Cl)c(N)nc1=O. The van der Waals surface area contributed by atoms with E-state index in [4.69, 9.17) is 31.5 Å². The van der Waals surface area contributed by atoms with Crippen molar-refractivity contribution in [2.75, 3.05) is 10.2 Å². The van der Waals surface area contributed by atoms with Crippen LogP contribution in [0.4, 0.5) is 5.82 Å². The van der Waals surface area contributed by atoms with Crippen LogP contribution in [-0.2, 0) is 14.2 Å². The van der Waals surface area contributed by atoms with E-state index < -0.39 is 17.7 Å². The highest BCUT2D eigenvalue weighted by atomic mass is 127. The molecule has 3 heterocycles. The van der Waals surface area contributed by atoms with E-state index in [-0.39, 0.29) is 29.2 Å². The van der Waals surface area contributed by atoms with Crippen LogP contribution in [0.1, 0.15) is 20.1 Å². The van der Waals surface area contributed by atoms with Gasteiger partial charge < -0.3 is 19.9 Å². The number of anilines is 1. The van der Waals surface area contributed by atoms with Gasteiger partial charge in [-0.3, -0.25) is 4.57 Å². The Balaban J connectivity index is 1.99. The number of fused-ring (bicyclic) bond motifs is 1. The van der Waals surface area contributed by atoms with Crippen molar-refractivity contribution in [1.82, 2.24) is 9.55 Å². The molecule has 4 atom stereocenters. The summed E-state index contributed by atoms with van der Waals surface area (Å²) >= 11 is 8.18. The normalized spacial score (nSPS) is 34.1. The lowest BCUT2D eigenvalue weighted by Gasteiger charge is -2.24. The maximum atomic E-state index is 12.1. The molecule has 116 valence electrons. The van der Waals surface area contributed by atoms with Gasteiger partial charge in [-0.25, -0.2) is 4.79 Å². The van der Waals surface area contributed by atoms with Gasteiger partial charge in [0, 0.05) is 10.6 Å². The van der Waals surface area contributed by atoms with Crippen molar-refractivity contribution >= 4 is 40.0 Å².